The van der Waals surface area contributed by atoms with Crippen molar-refractivity contribution >= 4 is 5.57 Å². The highest BCUT2D eigenvalue weighted by atomic mass is 16.5. The molecule has 1 aromatic heterocycles. The normalized spacial score (nSPS) is 16.5. The van der Waals surface area contributed by atoms with E-state index in [0.29, 0.717) is 18.1 Å². The van der Waals surface area contributed by atoms with Gasteiger partial charge in [-0.15, -0.1) is 0 Å². The fourth-order valence-corrected chi connectivity index (χ4v) is 1.37. The van der Waals surface area contributed by atoms with E-state index in [-0.39, 0.29) is 6.61 Å². The van der Waals surface area contributed by atoms with Gasteiger partial charge in [0, 0.05) is 6.20 Å². The molecule has 0 amide bonds. The van der Waals surface area contributed by atoms with Crippen LogP contribution in [-0.4, -0.2) is 28.3 Å². The second-order valence-electron chi connectivity index (χ2n) is 3.08. The lowest BCUT2D eigenvalue weighted by atomic mass is 10.1. The van der Waals surface area contributed by atoms with Crippen LogP contribution >= 0.6 is 0 Å². The third-order valence-corrected chi connectivity index (χ3v) is 2.13. The molecule has 2 heterocycles. The van der Waals surface area contributed by atoms with Crippen LogP contribution in [-0.2, 0) is 11.3 Å². The molecule has 0 bridgehead atoms. The Labute approximate surface area is 82.3 Å². The van der Waals surface area contributed by atoms with E-state index in [0.717, 1.165) is 18.6 Å². The second kappa shape index (κ2) is 4.30. The number of aliphatic hydroxyl groups is 1. The molecule has 0 radical (unpaired) electrons. The summed E-state index contributed by atoms with van der Waals surface area (Å²) < 4.78 is 5.20. The van der Waals surface area contributed by atoms with Gasteiger partial charge in [0.2, 0.25) is 0 Å². The Bertz CT molecular complexity index is 350. The Hall–Kier alpha value is -1.26. The largest absolute Gasteiger partial charge is 0.390 e. The van der Waals surface area contributed by atoms with Gasteiger partial charge in [-0.1, -0.05) is 6.08 Å². The van der Waals surface area contributed by atoms with Gasteiger partial charge < -0.3 is 9.84 Å². The lowest BCUT2D eigenvalue weighted by Crippen LogP contribution is -2.07. The molecule has 1 aliphatic heterocycles. The summed E-state index contributed by atoms with van der Waals surface area (Å²) in [6.45, 7) is 1.31. The Balaban J connectivity index is 2.26. The van der Waals surface area contributed by atoms with Gasteiger partial charge in [-0.3, -0.25) is 0 Å². The molecular weight excluding hydrogens is 180 g/mol. The van der Waals surface area contributed by atoms with Crippen molar-refractivity contribution in [1.82, 2.24) is 9.97 Å². The van der Waals surface area contributed by atoms with E-state index >= 15 is 0 Å². The third kappa shape index (κ3) is 1.97. The summed E-state index contributed by atoms with van der Waals surface area (Å²) in [5, 5.41) is 8.93. The minimum Gasteiger partial charge on any atom is -0.390 e. The highest BCUT2D eigenvalue weighted by molar-refractivity contribution is 5.60. The first-order valence-corrected chi connectivity index (χ1v) is 4.60. The van der Waals surface area contributed by atoms with E-state index < -0.39 is 0 Å². The van der Waals surface area contributed by atoms with Crippen molar-refractivity contribution in [2.75, 3.05) is 13.2 Å². The van der Waals surface area contributed by atoms with Crippen molar-refractivity contribution in [2.45, 2.75) is 13.0 Å². The molecule has 0 aliphatic carbocycles. The smallest absolute Gasteiger partial charge is 0.155 e. The van der Waals surface area contributed by atoms with Crippen LogP contribution in [0.1, 0.15) is 17.9 Å². The average Bonchev–Trinajstić information content (AvgIpc) is 2.30. The van der Waals surface area contributed by atoms with E-state index in [4.69, 9.17) is 9.84 Å². The predicted octanol–water partition coefficient (Wildman–Crippen LogP) is 0.773. The number of aromatic nitrogens is 2. The number of ether oxygens (including phenoxy) is 1. The van der Waals surface area contributed by atoms with Crippen molar-refractivity contribution in [3.8, 4) is 0 Å². The molecule has 74 valence electrons. The first-order chi connectivity index (χ1) is 6.90. The number of rotatable bonds is 2. The monoisotopic (exact) mass is 192 g/mol. The summed E-state index contributed by atoms with van der Waals surface area (Å²) in [6, 6.07) is 1.71. The summed E-state index contributed by atoms with van der Waals surface area (Å²) in [4.78, 5) is 8.39. The van der Waals surface area contributed by atoms with Crippen LogP contribution < -0.4 is 0 Å². The molecule has 0 aromatic carbocycles. The number of aliphatic hydroxyl groups excluding tert-OH is 1. The van der Waals surface area contributed by atoms with E-state index in [1.54, 1.807) is 12.3 Å². The summed E-state index contributed by atoms with van der Waals surface area (Å²) in [5.41, 5.74) is 1.76. The van der Waals surface area contributed by atoms with Crippen LogP contribution in [0.4, 0.5) is 0 Å². The average molecular weight is 192 g/mol. The van der Waals surface area contributed by atoms with Gasteiger partial charge in [-0.05, 0) is 18.1 Å². The van der Waals surface area contributed by atoms with E-state index in [1.165, 1.54) is 0 Å². The molecule has 0 atom stereocenters. The number of hydrogen-bond donors (Lipinski definition) is 1. The van der Waals surface area contributed by atoms with Gasteiger partial charge in [-0.25, -0.2) is 9.97 Å². The molecular formula is C10H12N2O2. The fourth-order valence-electron chi connectivity index (χ4n) is 1.37. The zero-order valence-corrected chi connectivity index (χ0v) is 7.81. The highest BCUT2D eigenvalue weighted by Gasteiger charge is 2.08. The summed E-state index contributed by atoms with van der Waals surface area (Å²) in [6.07, 6.45) is 4.50. The van der Waals surface area contributed by atoms with Gasteiger partial charge >= 0.3 is 0 Å². The van der Waals surface area contributed by atoms with Gasteiger partial charge in [0.05, 0.1) is 25.5 Å². The van der Waals surface area contributed by atoms with Crippen LogP contribution in [0, 0.1) is 0 Å². The molecule has 0 unspecified atom stereocenters. The number of hydrogen-bond acceptors (Lipinski definition) is 4. The third-order valence-electron chi connectivity index (χ3n) is 2.13. The standard InChI is InChI=1S/C10H12N2O2/c13-7-9-1-4-11-10(12-9)8-2-5-14-6-3-8/h1-2,4,13H,3,5-7H2. The molecule has 2 rings (SSSR count). The maximum Gasteiger partial charge on any atom is 0.155 e. The maximum absolute atomic E-state index is 8.93. The minimum atomic E-state index is -0.0424. The summed E-state index contributed by atoms with van der Waals surface area (Å²) >= 11 is 0. The van der Waals surface area contributed by atoms with Crippen molar-refractivity contribution in [3.05, 3.63) is 29.9 Å². The van der Waals surface area contributed by atoms with Crippen LogP contribution in [0.5, 0.6) is 0 Å². The quantitative estimate of drug-likeness (QED) is 0.752. The Morgan fingerprint density at radius 1 is 1.50 bits per heavy atom. The Kier molecular flexibility index (Phi) is 2.86. The predicted molar refractivity (Wildman–Crippen MR) is 51.4 cm³/mol. The van der Waals surface area contributed by atoms with Crippen LogP contribution in [0.3, 0.4) is 0 Å². The van der Waals surface area contributed by atoms with Crippen LogP contribution in [0.2, 0.25) is 0 Å². The van der Waals surface area contributed by atoms with Crippen molar-refractivity contribution in [1.29, 1.82) is 0 Å². The van der Waals surface area contributed by atoms with Crippen molar-refractivity contribution in [2.24, 2.45) is 0 Å². The van der Waals surface area contributed by atoms with Crippen molar-refractivity contribution < 1.29 is 9.84 Å². The topological polar surface area (TPSA) is 55.2 Å². The molecule has 1 aliphatic rings. The minimum absolute atomic E-state index is 0.0424. The van der Waals surface area contributed by atoms with Crippen molar-refractivity contribution in [3.63, 3.8) is 0 Å². The Morgan fingerprint density at radius 3 is 3.14 bits per heavy atom. The first kappa shape index (κ1) is 9.30. The number of nitrogens with zero attached hydrogens (tertiary/aromatic N) is 2. The maximum atomic E-state index is 8.93. The molecule has 1 N–H and O–H groups in total. The van der Waals surface area contributed by atoms with Crippen LogP contribution in [0.15, 0.2) is 18.3 Å². The van der Waals surface area contributed by atoms with E-state index in [9.17, 15) is 0 Å². The van der Waals surface area contributed by atoms with Gasteiger partial charge in [0.15, 0.2) is 5.82 Å². The molecule has 0 saturated carbocycles. The lowest BCUT2D eigenvalue weighted by Gasteiger charge is -2.12. The van der Waals surface area contributed by atoms with Crippen LogP contribution in [0.25, 0.3) is 5.57 Å². The molecule has 14 heavy (non-hydrogen) atoms. The molecule has 0 saturated heterocycles. The zero-order valence-electron chi connectivity index (χ0n) is 7.81. The van der Waals surface area contributed by atoms with Gasteiger partial charge in [0.25, 0.3) is 0 Å². The summed E-state index contributed by atoms with van der Waals surface area (Å²) in [5.74, 6) is 0.708. The summed E-state index contributed by atoms with van der Waals surface area (Å²) in [7, 11) is 0. The second-order valence-corrected chi connectivity index (χ2v) is 3.08. The zero-order chi connectivity index (χ0) is 9.80. The lowest BCUT2D eigenvalue weighted by molar-refractivity contribution is 0.161. The molecule has 0 fully saturated rings. The van der Waals surface area contributed by atoms with E-state index in [1.807, 2.05) is 6.08 Å². The molecule has 4 heteroatoms. The fraction of sp³-hybridized carbons (Fsp3) is 0.400. The molecule has 1 aromatic rings. The Morgan fingerprint density at radius 2 is 2.43 bits per heavy atom. The first-order valence-electron chi connectivity index (χ1n) is 4.60. The SMILES string of the molecule is OCc1ccnc(C2=CCOCC2)n1. The van der Waals surface area contributed by atoms with Gasteiger partial charge in [0.1, 0.15) is 0 Å². The molecule has 4 nitrogen and oxygen atoms in total. The molecule has 0 spiro atoms. The highest BCUT2D eigenvalue weighted by Crippen LogP contribution is 2.17. The van der Waals surface area contributed by atoms with E-state index in [2.05, 4.69) is 9.97 Å². The van der Waals surface area contributed by atoms with Gasteiger partial charge in [-0.2, -0.15) is 0 Å².